The molecule has 1 aliphatic rings. The fraction of sp³-hybridized carbons (Fsp3) is 0.667. The van der Waals surface area contributed by atoms with Crippen LogP contribution >= 0.6 is 15.9 Å². The molecule has 2 heterocycles. The first-order chi connectivity index (χ1) is 6.16. The van der Waals surface area contributed by atoms with E-state index in [1.54, 1.807) is 0 Å². The molecule has 0 N–H and O–H groups in total. The maximum atomic E-state index is 5.13. The molecule has 4 heteroatoms. The first-order valence-electron chi connectivity index (χ1n) is 4.53. The second kappa shape index (κ2) is 3.42. The molecule has 1 aliphatic heterocycles. The highest BCUT2D eigenvalue weighted by Crippen LogP contribution is 2.27. The predicted octanol–water partition coefficient (Wildman–Crippen LogP) is 2.42. The van der Waals surface area contributed by atoms with Gasteiger partial charge in [0.15, 0.2) is 5.76 Å². The van der Waals surface area contributed by atoms with Gasteiger partial charge in [0.1, 0.15) is 4.60 Å². The molecule has 13 heavy (non-hydrogen) atoms. The lowest BCUT2D eigenvalue weighted by Crippen LogP contribution is -2.51. The van der Waals surface area contributed by atoms with Crippen LogP contribution in [-0.2, 0) is 6.54 Å². The molecule has 0 saturated carbocycles. The number of aromatic nitrogens is 1. The van der Waals surface area contributed by atoms with Crippen LogP contribution in [0.1, 0.15) is 26.0 Å². The van der Waals surface area contributed by atoms with Gasteiger partial charge in [-0.05, 0) is 36.2 Å². The molecule has 2 rings (SSSR count). The number of hydrogen-bond acceptors (Lipinski definition) is 3. The summed E-state index contributed by atoms with van der Waals surface area (Å²) in [5.41, 5.74) is 0. The molecule has 3 nitrogen and oxygen atoms in total. The Bertz CT molecular complexity index is 292. The van der Waals surface area contributed by atoms with Crippen molar-refractivity contribution >= 4 is 15.9 Å². The van der Waals surface area contributed by atoms with E-state index in [2.05, 4.69) is 39.8 Å². The van der Waals surface area contributed by atoms with Crippen LogP contribution in [0.15, 0.2) is 15.2 Å². The zero-order valence-electron chi connectivity index (χ0n) is 7.83. The Kier molecular flexibility index (Phi) is 2.43. The summed E-state index contributed by atoms with van der Waals surface area (Å²) in [5.74, 6) is 0.935. The third-order valence-corrected chi connectivity index (χ3v) is 3.06. The van der Waals surface area contributed by atoms with E-state index >= 15 is 0 Å². The number of likely N-dealkylation sites (tertiary alicyclic amines) is 1. The highest BCUT2D eigenvalue weighted by Gasteiger charge is 2.32. The highest BCUT2D eigenvalue weighted by molar-refractivity contribution is 9.10. The van der Waals surface area contributed by atoms with Gasteiger partial charge >= 0.3 is 0 Å². The summed E-state index contributed by atoms with van der Waals surface area (Å²) in [6, 6.07) is 3.29. The van der Waals surface area contributed by atoms with Crippen molar-refractivity contribution < 1.29 is 4.52 Å². The van der Waals surface area contributed by atoms with Crippen molar-refractivity contribution in [3.05, 3.63) is 16.4 Å². The van der Waals surface area contributed by atoms with Crippen LogP contribution in [0.2, 0.25) is 0 Å². The van der Waals surface area contributed by atoms with Crippen LogP contribution in [-0.4, -0.2) is 22.1 Å². The zero-order chi connectivity index (χ0) is 9.42. The summed E-state index contributed by atoms with van der Waals surface area (Å²) in [4.78, 5) is 2.41. The molecule has 0 aromatic carbocycles. The van der Waals surface area contributed by atoms with Crippen LogP contribution in [0, 0.1) is 0 Å². The van der Waals surface area contributed by atoms with Crippen LogP contribution in [0.5, 0.6) is 0 Å². The highest BCUT2D eigenvalue weighted by atomic mass is 79.9. The van der Waals surface area contributed by atoms with Crippen LogP contribution in [0.4, 0.5) is 0 Å². The Hall–Kier alpha value is -0.350. The minimum Gasteiger partial charge on any atom is -0.359 e. The van der Waals surface area contributed by atoms with Crippen molar-refractivity contribution in [1.29, 1.82) is 0 Å². The van der Waals surface area contributed by atoms with E-state index in [0.717, 1.165) is 16.9 Å². The first-order valence-corrected chi connectivity index (χ1v) is 5.33. The van der Waals surface area contributed by atoms with E-state index in [4.69, 9.17) is 4.52 Å². The van der Waals surface area contributed by atoms with Gasteiger partial charge in [-0.15, -0.1) is 0 Å². The van der Waals surface area contributed by atoms with Gasteiger partial charge in [-0.25, -0.2) is 0 Å². The Morgan fingerprint density at radius 1 is 1.62 bits per heavy atom. The molecule has 0 radical (unpaired) electrons. The molecule has 1 saturated heterocycles. The smallest absolute Gasteiger partial charge is 0.151 e. The molecule has 72 valence electrons. The largest absolute Gasteiger partial charge is 0.359 e. The number of hydrogen-bond donors (Lipinski definition) is 0. The minimum atomic E-state index is 0.680. The van der Waals surface area contributed by atoms with Crippen LogP contribution < -0.4 is 0 Å². The fourth-order valence-corrected chi connectivity index (χ4v) is 2.24. The third-order valence-electron chi connectivity index (χ3n) is 2.68. The SMILES string of the molecule is CC1CC(C)N1Cc1cc(Br)no1. The third kappa shape index (κ3) is 1.79. The van der Waals surface area contributed by atoms with Gasteiger partial charge in [0.05, 0.1) is 6.54 Å². The van der Waals surface area contributed by atoms with Crippen molar-refractivity contribution in [3.8, 4) is 0 Å². The minimum absolute atomic E-state index is 0.680. The molecule has 0 amide bonds. The maximum absolute atomic E-state index is 5.13. The Balaban J connectivity index is 1.98. The quantitative estimate of drug-likeness (QED) is 0.801. The molecule has 2 unspecified atom stereocenters. The average molecular weight is 245 g/mol. The molecule has 0 aliphatic carbocycles. The van der Waals surface area contributed by atoms with Gasteiger partial charge in [0, 0.05) is 18.2 Å². The van der Waals surface area contributed by atoms with E-state index in [1.165, 1.54) is 6.42 Å². The molecule has 0 spiro atoms. The van der Waals surface area contributed by atoms with E-state index in [-0.39, 0.29) is 0 Å². The molecule has 1 fully saturated rings. The average Bonchev–Trinajstić information content (AvgIpc) is 2.48. The molecule has 1 aromatic rings. The fourth-order valence-electron chi connectivity index (χ4n) is 1.91. The van der Waals surface area contributed by atoms with Gasteiger partial charge in [-0.2, -0.15) is 0 Å². The van der Waals surface area contributed by atoms with Crippen molar-refractivity contribution in [2.45, 2.75) is 38.9 Å². The van der Waals surface area contributed by atoms with E-state index in [0.29, 0.717) is 12.1 Å². The number of halogens is 1. The van der Waals surface area contributed by atoms with Gasteiger partial charge in [0.2, 0.25) is 0 Å². The van der Waals surface area contributed by atoms with E-state index in [1.807, 2.05) is 6.07 Å². The Labute approximate surface area is 86.2 Å². The Morgan fingerprint density at radius 2 is 2.31 bits per heavy atom. The first kappa shape index (κ1) is 9.21. The second-order valence-electron chi connectivity index (χ2n) is 3.72. The van der Waals surface area contributed by atoms with Gasteiger partial charge in [0.25, 0.3) is 0 Å². The van der Waals surface area contributed by atoms with Gasteiger partial charge in [-0.1, -0.05) is 5.16 Å². The lowest BCUT2D eigenvalue weighted by atomic mass is 9.96. The predicted molar refractivity (Wildman–Crippen MR) is 53.3 cm³/mol. The summed E-state index contributed by atoms with van der Waals surface area (Å²) in [5, 5.41) is 3.79. The molecular formula is C9H13BrN2O. The van der Waals surface area contributed by atoms with Gasteiger partial charge in [-0.3, -0.25) is 4.90 Å². The summed E-state index contributed by atoms with van der Waals surface area (Å²) in [6.07, 6.45) is 1.29. The Morgan fingerprint density at radius 3 is 2.77 bits per heavy atom. The molecule has 2 atom stereocenters. The standard InChI is InChI=1S/C9H13BrN2O/c1-6-3-7(2)12(6)5-8-4-9(10)11-13-8/h4,6-7H,3,5H2,1-2H3. The monoisotopic (exact) mass is 244 g/mol. The van der Waals surface area contributed by atoms with E-state index in [9.17, 15) is 0 Å². The summed E-state index contributed by atoms with van der Waals surface area (Å²) < 4.78 is 5.91. The number of rotatable bonds is 2. The normalized spacial score (nSPS) is 28.8. The second-order valence-corrected chi connectivity index (χ2v) is 4.53. The zero-order valence-corrected chi connectivity index (χ0v) is 9.41. The summed E-state index contributed by atoms with van der Waals surface area (Å²) in [6.45, 7) is 5.36. The molecular weight excluding hydrogens is 232 g/mol. The van der Waals surface area contributed by atoms with Crippen molar-refractivity contribution in [2.75, 3.05) is 0 Å². The molecule has 1 aromatic heterocycles. The van der Waals surface area contributed by atoms with Gasteiger partial charge < -0.3 is 4.52 Å². The molecule has 0 bridgehead atoms. The van der Waals surface area contributed by atoms with Crippen molar-refractivity contribution in [2.24, 2.45) is 0 Å². The summed E-state index contributed by atoms with van der Waals surface area (Å²) >= 11 is 3.27. The summed E-state index contributed by atoms with van der Waals surface area (Å²) in [7, 11) is 0. The van der Waals surface area contributed by atoms with Crippen LogP contribution in [0.3, 0.4) is 0 Å². The maximum Gasteiger partial charge on any atom is 0.151 e. The van der Waals surface area contributed by atoms with E-state index < -0.39 is 0 Å². The van der Waals surface area contributed by atoms with Crippen molar-refractivity contribution in [3.63, 3.8) is 0 Å². The van der Waals surface area contributed by atoms with Crippen LogP contribution in [0.25, 0.3) is 0 Å². The lowest BCUT2D eigenvalue weighted by Gasteiger charge is -2.44. The number of nitrogens with zero attached hydrogens (tertiary/aromatic N) is 2. The lowest BCUT2D eigenvalue weighted by molar-refractivity contribution is 0.0215. The topological polar surface area (TPSA) is 29.3 Å². The van der Waals surface area contributed by atoms with Crippen molar-refractivity contribution in [1.82, 2.24) is 10.1 Å².